The first-order valence-electron chi connectivity index (χ1n) is 15.5. The molecule has 1 aromatic heterocycles. The van der Waals surface area contributed by atoms with Crippen molar-refractivity contribution in [1.29, 1.82) is 0 Å². The topological polar surface area (TPSA) is 135 Å². The van der Waals surface area contributed by atoms with E-state index < -0.39 is 20.7 Å². The van der Waals surface area contributed by atoms with Crippen LogP contribution < -0.4 is 10.0 Å². The van der Waals surface area contributed by atoms with E-state index in [1.165, 1.54) is 5.56 Å². The maximum absolute atomic E-state index is 12.5. The Bertz CT molecular complexity index is 2050. The van der Waals surface area contributed by atoms with Crippen LogP contribution in [0.1, 0.15) is 59.4 Å². The maximum atomic E-state index is 12.5. The van der Waals surface area contributed by atoms with Gasteiger partial charge < -0.3 is 9.84 Å². The Balaban J connectivity index is 1.41. The van der Waals surface area contributed by atoms with Gasteiger partial charge in [0.1, 0.15) is 10.7 Å². The van der Waals surface area contributed by atoms with Gasteiger partial charge >= 0.3 is 0 Å². The zero-order valence-corrected chi connectivity index (χ0v) is 29.0. The number of thiol groups is 1. The lowest BCUT2D eigenvalue weighted by Gasteiger charge is -2.21. The lowest BCUT2D eigenvalue weighted by atomic mass is 9.83. The molecule has 0 bridgehead atoms. The highest BCUT2D eigenvalue weighted by atomic mass is 32.2. The fourth-order valence-electron chi connectivity index (χ4n) is 5.39. The van der Waals surface area contributed by atoms with Crippen LogP contribution in [0.4, 0.5) is 5.69 Å². The minimum Gasteiger partial charge on any atom is -0.356 e. The van der Waals surface area contributed by atoms with Gasteiger partial charge in [-0.1, -0.05) is 92.7 Å². The van der Waals surface area contributed by atoms with E-state index in [0.717, 1.165) is 39.8 Å². The van der Waals surface area contributed by atoms with Crippen molar-refractivity contribution < 1.29 is 26.2 Å². The lowest BCUT2D eigenvalue weighted by molar-refractivity contribution is 0.0956. The molecule has 5 aromatic rings. The van der Waals surface area contributed by atoms with Crippen molar-refractivity contribution in [2.24, 2.45) is 0 Å². The first-order chi connectivity index (χ1) is 22.7. The summed E-state index contributed by atoms with van der Waals surface area (Å²) < 4.78 is 53.2. The van der Waals surface area contributed by atoms with Crippen molar-refractivity contribution >= 4 is 32.3 Å². The average molecular weight is 686 g/mol. The Labute approximate surface area is 283 Å². The van der Waals surface area contributed by atoms with Crippen molar-refractivity contribution in [1.82, 2.24) is 10.5 Å². The number of hydrogen-bond acceptors (Lipinski definition) is 7. The number of amides is 1. The summed E-state index contributed by atoms with van der Waals surface area (Å²) in [7, 11) is -5.91. The molecule has 0 spiro atoms. The summed E-state index contributed by atoms with van der Waals surface area (Å²) in [5.74, 6) is 0.0577. The molecule has 0 fully saturated rings. The SMILES string of the molecule is CC(C)(C)c1ccc(C(Cc2ccc(C(=O)NCC[SH](=O)=O)cc2)c2cc(-c3cccc(-c4ccc(NS(C)(=O)=O)cc4)c3)on2)cc1. The first kappa shape index (κ1) is 34.6. The van der Waals surface area contributed by atoms with Gasteiger partial charge in [-0.15, -0.1) is 0 Å². The number of sulfonamides is 1. The van der Waals surface area contributed by atoms with Gasteiger partial charge in [-0.25, -0.2) is 16.8 Å². The summed E-state index contributed by atoms with van der Waals surface area (Å²) in [4.78, 5) is 12.5. The predicted octanol–water partition coefficient (Wildman–Crippen LogP) is 6.39. The molecule has 5 rings (SSSR count). The summed E-state index contributed by atoms with van der Waals surface area (Å²) in [6.07, 6.45) is 1.72. The number of hydrogen-bond donors (Lipinski definition) is 3. The first-order valence-corrected chi connectivity index (χ1v) is 18.8. The molecule has 48 heavy (non-hydrogen) atoms. The summed E-state index contributed by atoms with van der Waals surface area (Å²) in [5, 5.41) is 7.16. The lowest BCUT2D eigenvalue weighted by Crippen LogP contribution is -2.26. The van der Waals surface area contributed by atoms with E-state index in [2.05, 4.69) is 60.2 Å². The fourth-order valence-corrected chi connectivity index (χ4v) is 6.24. The van der Waals surface area contributed by atoms with Gasteiger partial charge in [0.2, 0.25) is 10.0 Å². The van der Waals surface area contributed by atoms with Gasteiger partial charge in [0.25, 0.3) is 5.91 Å². The second-order valence-electron chi connectivity index (χ2n) is 12.8. The molecule has 0 aliphatic rings. The van der Waals surface area contributed by atoms with Crippen LogP contribution in [0, 0.1) is 0 Å². The van der Waals surface area contributed by atoms with E-state index in [-0.39, 0.29) is 29.5 Å². The second kappa shape index (κ2) is 14.6. The van der Waals surface area contributed by atoms with Gasteiger partial charge in [0, 0.05) is 35.3 Å². The van der Waals surface area contributed by atoms with Gasteiger partial charge in [0.05, 0.1) is 17.7 Å². The number of rotatable bonds is 12. The highest BCUT2D eigenvalue weighted by molar-refractivity contribution is 7.92. The molecular formula is C37H39N3O6S2. The third-order valence-electron chi connectivity index (χ3n) is 7.97. The minimum atomic E-state index is -3.36. The minimum absolute atomic E-state index is 0.00432. The highest BCUT2D eigenvalue weighted by Gasteiger charge is 2.22. The molecule has 1 atom stereocenters. The van der Waals surface area contributed by atoms with Crippen molar-refractivity contribution in [3.05, 3.63) is 131 Å². The summed E-state index contributed by atoms with van der Waals surface area (Å²) >= 11 is 0. The number of aromatic nitrogens is 1. The Hall–Kier alpha value is -4.74. The van der Waals surface area contributed by atoms with Gasteiger partial charge in [0.15, 0.2) is 5.76 Å². The molecule has 4 aromatic carbocycles. The molecule has 0 aliphatic carbocycles. The largest absolute Gasteiger partial charge is 0.356 e. The van der Waals surface area contributed by atoms with Crippen molar-refractivity contribution in [2.45, 2.75) is 38.5 Å². The quantitative estimate of drug-likeness (QED) is 0.130. The van der Waals surface area contributed by atoms with E-state index >= 15 is 0 Å². The maximum Gasteiger partial charge on any atom is 0.251 e. The highest BCUT2D eigenvalue weighted by Crippen LogP contribution is 2.34. The number of anilines is 1. The summed E-state index contributed by atoms with van der Waals surface area (Å²) in [5.41, 5.74) is 7.73. The molecular weight excluding hydrogens is 647 g/mol. The summed E-state index contributed by atoms with van der Waals surface area (Å²) in [6, 6.07) is 32.9. The molecule has 1 heterocycles. The Morgan fingerprint density at radius 3 is 2.15 bits per heavy atom. The number of carbonyl (C=O) groups excluding carboxylic acids is 1. The van der Waals surface area contributed by atoms with E-state index in [1.54, 1.807) is 24.3 Å². The van der Waals surface area contributed by atoms with Crippen LogP contribution in [-0.2, 0) is 32.6 Å². The number of benzene rings is 4. The fraction of sp³-hybridized carbons (Fsp3) is 0.243. The number of nitrogens with one attached hydrogen (secondary N) is 2. The van der Waals surface area contributed by atoms with Crippen LogP contribution in [-0.4, -0.2) is 46.5 Å². The normalized spacial score (nSPS) is 12.5. The number of carbonyl (C=O) groups is 1. The van der Waals surface area contributed by atoms with Crippen LogP contribution in [0.15, 0.2) is 108 Å². The molecule has 0 saturated heterocycles. The van der Waals surface area contributed by atoms with E-state index in [9.17, 15) is 21.6 Å². The second-order valence-corrected chi connectivity index (χ2v) is 15.6. The molecule has 0 saturated carbocycles. The van der Waals surface area contributed by atoms with E-state index in [0.29, 0.717) is 23.4 Å². The molecule has 1 amide bonds. The van der Waals surface area contributed by atoms with Crippen LogP contribution in [0.2, 0.25) is 0 Å². The van der Waals surface area contributed by atoms with Crippen LogP contribution in [0.5, 0.6) is 0 Å². The zero-order chi connectivity index (χ0) is 34.5. The zero-order valence-electron chi connectivity index (χ0n) is 27.3. The molecule has 0 aliphatic heterocycles. The van der Waals surface area contributed by atoms with Gasteiger partial charge in [-0.2, -0.15) is 0 Å². The van der Waals surface area contributed by atoms with E-state index in [1.807, 2.05) is 54.6 Å². The molecule has 2 N–H and O–H groups in total. The smallest absolute Gasteiger partial charge is 0.251 e. The molecule has 0 radical (unpaired) electrons. The standard InChI is InChI=1S/C37H39N3O6S2/c1-37(2,3)31-16-12-27(13-17-31)33(22-25-8-10-28(11-9-25)36(41)38-20-21-47(42)43)34-24-35(46-39-34)30-7-5-6-29(23-30)26-14-18-32(19-15-26)40-48(4,44)45/h5-19,23-24,33,40,47H,20-22H2,1-4H3,(H,38,41). The third-order valence-corrected chi connectivity index (χ3v) is 9.16. The average Bonchev–Trinajstić information content (AvgIpc) is 3.53. The van der Waals surface area contributed by atoms with Crippen molar-refractivity contribution in [2.75, 3.05) is 23.3 Å². The van der Waals surface area contributed by atoms with Crippen LogP contribution in [0.3, 0.4) is 0 Å². The van der Waals surface area contributed by atoms with Gasteiger partial charge in [-0.3, -0.25) is 9.52 Å². The van der Waals surface area contributed by atoms with Crippen molar-refractivity contribution in [3.63, 3.8) is 0 Å². The Kier molecular flexibility index (Phi) is 10.5. The number of nitrogens with zero attached hydrogens (tertiary/aromatic N) is 1. The predicted molar refractivity (Wildman–Crippen MR) is 190 cm³/mol. The summed E-state index contributed by atoms with van der Waals surface area (Å²) in [6.45, 7) is 6.60. The third kappa shape index (κ3) is 9.20. The Morgan fingerprint density at radius 2 is 1.52 bits per heavy atom. The monoisotopic (exact) mass is 685 g/mol. The van der Waals surface area contributed by atoms with Gasteiger partial charge in [-0.05, 0) is 70.0 Å². The van der Waals surface area contributed by atoms with Crippen molar-refractivity contribution in [3.8, 4) is 22.5 Å². The molecule has 9 nitrogen and oxygen atoms in total. The molecule has 1 unspecified atom stereocenters. The van der Waals surface area contributed by atoms with Crippen LogP contribution >= 0.6 is 0 Å². The molecule has 250 valence electrons. The van der Waals surface area contributed by atoms with E-state index in [4.69, 9.17) is 4.52 Å². The van der Waals surface area contributed by atoms with Crippen LogP contribution in [0.25, 0.3) is 22.5 Å². The Morgan fingerprint density at radius 1 is 0.854 bits per heavy atom. The molecule has 11 heteroatoms.